The first-order valence-corrected chi connectivity index (χ1v) is 9.33. The number of carboxylic acid groups (broad SMARTS) is 1. The van der Waals surface area contributed by atoms with Crippen molar-refractivity contribution >= 4 is 11.9 Å². The van der Waals surface area contributed by atoms with E-state index in [9.17, 15) is 14.7 Å². The van der Waals surface area contributed by atoms with Crippen LogP contribution in [0.3, 0.4) is 0 Å². The average molecular weight is 371 g/mol. The zero-order valence-corrected chi connectivity index (χ0v) is 15.4. The van der Waals surface area contributed by atoms with Gasteiger partial charge in [0.25, 0.3) is 5.91 Å². The molecule has 0 saturated heterocycles. The van der Waals surface area contributed by atoms with E-state index in [1.165, 1.54) is 7.11 Å². The third-order valence-electron chi connectivity index (χ3n) is 5.04. The van der Waals surface area contributed by atoms with Crippen molar-refractivity contribution in [2.75, 3.05) is 7.11 Å². The molecule has 2 aromatic rings. The first kappa shape index (κ1) is 18.9. The van der Waals surface area contributed by atoms with Crippen LogP contribution in [0, 0.1) is 5.92 Å². The van der Waals surface area contributed by atoms with Gasteiger partial charge in [-0.3, -0.25) is 9.59 Å². The number of hydrogen-bond donors (Lipinski definition) is 2. The molecule has 27 heavy (non-hydrogen) atoms. The van der Waals surface area contributed by atoms with Crippen molar-refractivity contribution in [1.82, 2.24) is 15.1 Å². The molecule has 1 aromatic heterocycles. The number of aromatic nitrogens is 2. The molecule has 2 atom stereocenters. The smallest absolute Gasteiger partial charge is 0.308 e. The standard InChI is InChI=1S/C20H25N3O4/c1-27-17-13-23(14-9-5-4-6-10-14)22-18(17)19(24)21-16-12-8-3-2-7-11-15(16)20(25)26/h4-6,9-10,13,15-16H,2-3,7-8,11-12H2,1H3,(H,21,24)(H,25,26). The second-order valence-electron chi connectivity index (χ2n) is 6.84. The van der Waals surface area contributed by atoms with Crippen LogP contribution < -0.4 is 10.1 Å². The van der Waals surface area contributed by atoms with E-state index < -0.39 is 23.8 Å². The maximum atomic E-state index is 12.8. The zero-order valence-electron chi connectivity index (χ0n) is 15.4. The largest absolute Gasteiger partial charge is 0.493 e. The summed E-state index contributed by atoms with van der Waals surface area (Å²) in [4.78, 5) is 24.5. The number of carboxylic acids is 1. The van der Waals surface area contributed by atoms with Crippen molar-refractivity contribution in [2.45, 2.75) is 44.6 Å². The lowest BCUT2D eigenvalue weighted by molar-refractivity contribution is -0.143. The highest BCUT2D eigenvalue weighted by Gasteiger charge is 2.31. The van der Waals surface area contributed by atoms with Crippen LogP contribution in [0.15, 0.2) is 36.5 Å². The molecule has 2 N–H and O–H groups in total. The van der Waals surface area contributed by atoms with Crippen molar-refractivity contribution in [3.05, 3.63) is 42.2 Å². The summed E-state index contributed by atoms with van der Waals surface area (Å²) in [5.74, 6) is -1.48. The number of methoxy groups -OCH3 is 1. The highest BCUT2D eigenvalue weighted by molar-refractivity contribution is 5.95. The van der Waals surface area contributed by atoms with E-state index in [4.69, 9.17) is 4.74 Å². The second-order valence-corrected chi connectivity index (χ2v) is 6.84. The summed E-state index contributed by atoms with van der Waals surface area (Å²) in [7, 11) is 1.49. The molecular weight excluding hydrogens is 346 g/mol. The molecule has 1 fully saturated rings. The van der Waals surface area contributed by atoms with E-state index >= 15 is 0 Å². The molecule has 0 radical (unpaired) electrons. The number of carbonyl (C=O) groups is 2. The van der Waals surface area contributed by atoms with E-state index in [0.717, 1.165) is 31.4 Å². The summed E-state index contributed by atoms with van der Waals surface area (Å²) in [5, 5.41) is 16.8. The van der Waals surface area contributed by atoms with Crippen LogP contribution in [0.2, 0.25) is 0 Å². The number of nitrogens with zero attached hydrogens (tertiary/aromatic N) is 2. The fourth-order valence-corrected chi connectivity index (χ4v) is 3.57. The SMILES string of the molecule is COc1cn(-c2ccccc2)nc1C(=O)NC1CCCCCCC1C(=O)O. The number of benzene rings is 1. The summed E-state index contributed by atoms with van der Waals surface area (Å²) in [6.45, 7) is 0. The van der Waals surface area contributed by atoms with Gasteiger partial charge in [0, 0.05) is 6.04 Å². The van der Waals surface area contributed by atoms with Gasteiger partial charge in [0.1, 0.15) is 0 Å². The number of rotatable bonds is 5. The Morgan fingerprint density at radius 1 is 1.15 bits per heavy atom. The van der Waals surface area contributed by atoms with Gasteiger partial charge in [-0.25, -0.2) is 4.68 Å². The normalized spacial score (nSPS) is 20.3. The Labute approximate surface area is 158 Å². The minimum atomic E-state index is -0.857. The van der Waals surface area contributed by atoms with Gasteiger partial charge in [-0.05, 0) is 25.0 Å². The Bertz CT molecular complexity index is 788. The van der Waals surface area contributed by atoms with Crippen molar-refractivity contribution in [3.63, 3.8) is 0 Å². The fraction of sp³-hybridized carbons (Fsp3) is 0.450. The Balaban J connectivity index is 1.82. The van der Waals surface area contributed by atoms with E-state index in [2.05, 4.69) is 10.4 Å². The molecule has 0 bridgehead atoms. The molecule has 1 saturated carbocycles. The van der Waals surface area contributed by atoms with Gasteiger partial charge in [0.15, 0.2) is 11.4 Å². The summed E-state index contributed by atoms with van der Waals surface area (Å²) in [6, 6.07) is 9.03. The van der Waals surface area contributed by atoms with Crippen LogP contribution in [0.5, 0.6) is 5.75 Å². The molecule has 3 rings (SSSR count). The molecular formula is C20H25N3O4. The monoisotopic (exact) mass is 371 g/mol. The van der Waals surface area contributed by atoms with E-state index in [0.29, 0.717) is 18.6 Å². The molecule has 1 aliphatic carbocycles. The molecule has 1 aromatic carbocycles. The van der Waals surface area contributed by atoms with Gasteiger partial charge >= 0.3 is 5.97 Å². The molecule has 0 aliphatic heterocycles. The quantitative estimate of drug-likeness (QED) is 0.843. The minimum absolute atomic E-state index is 0.160. The molecule has 7 heteroatoms. The first-order chi connectivity index (χ1) is 13.1. The molecule has 2 unspecified atom stereocenters. The Morgan fingerprint density at radius 2 is 1.85 bits per heavy atom. The predicted octanol–water partition coefficient (Wildman–Crippen LogP) is 3.03. The third kappa shape index (κ3) is 4.48. The number of ether oxygens (including phenoxy) is 1. The summed E-state index contributed by atoms with van der Waals surface area (Å²) >= 11 is 0. The van der Waals surface area contributed by atoms with Gasteiger partial charge in [-0.2, -0.15) is 5.10 Å². The van der Waals surface area contributed by atoms with Gasteiger partial charge in [0.05, 0.1) is 24.9 Å². The number of carbonyl (C=O) groups excluding carboxylic acids is 1. The molecule has 144 valence electrons. The van der Waals surface area contributed by atoms with Crippen molar-refractivity contribution in [3.8, 4) is 11.4 Å². The van der Waals surface area contributed by atoms with Crippen LogP contribution in [-0.4, -0.2) is 39.9 Å². The summed E-state index contributed by atoms with van der Waals surface area (Å²) < 4.78 is 6.90. The average Bonchev–Trinajstić information content (AvgIpc) is 3.09. The number of aliphatic carboxylic acids is 1. The van der Waals surface area contributed by atoms with Gasteiger partial charge < -0.3 is 15.2 Å². The van der Waals surface area contributed by atoms with Crippen LogP contribution in [0.4, 0.5) is 0 Å². The van der Waals surface area contributed by atoms with Crippen LogP contribution in [0.1, 0.15) is 49.0 Å². The highest BCUT2D eigenvalue weighted by atomic mass is 16.5. The zero-order chi connectivity index (χ0) is 19.2. The number of nitrogens with one attached hydrogen (secondary N) is 1. The molecule has 1 heterocycles. The summed E-state index contributed by atoms with van der Waals surface area (Å²) in [6.07, 6.45) is 6.77. The lowest BCUT2D eigenvalue weighted by Crippen LogP contribution is -2.44. The number of amides is 1. The van der Waals surface area contributed by atoms with Crippen LogP contribution >= 0.6 is 0 Å². The first-order valence-electron chi connectivity index (χ1n) is 9.33. The topological polar surface area (TPSA) is 93.5 Å². The summed E-state index contributed by atoms with van der Waals surface area (Å²) in [5.41, 5.74) is 0.969. The van der Waals surface area contributed by atoms with Crippen molar-refractivity contribution in [2.24, 2.45) is 5.92 Å². The number of hydrogen-bond acceptors (Lipinski definition) is 4. The van der Waals surface area contributed by atoms with Gasteiger partial charge in [-0.15, -0.1) is 0 Å². The second kappa shape index (κ2) is 8.70. The molecule has 1 aliphatic rings. The molecule has 1 amide bonds. The molecule has 7 nitrogen and oxygen atoms in total. The predicted molar refractivity (Wildman–Crippen MR) is 100 cm³/mol. The Hall–Kier alpha value is -2.83. The Morgan fingerprint density at radius 3 is 2.52 bits per heavy atom. The van der Waals surface area contributed by atoms with E-state index in [-0.39, 0.29) is 5.69 Å². The maximum Gasteiger partial charge on any atom is 0.308 e. The molecule has 0 spiro atoms. The lowest BCUT2D eigenvalue weighted by Gasteiger charge is -2.27. The fourth-order valence-electron chi connectivity index (χ4n) is 3.57. The lowest BCUT2D eigenvalue weighted by atomic mass is 9.86. The third-order valence-corrected chi connectivity index (χ3v) is 5.04. The van der Waals surface area contributed by atoms with Crippen LogP contribution in [0.25, 0.3) is 5.69 Å². The van der Waals surface area contributed by atoms with Crippen molar-refractivity contribution < 1.29 is 19.4 Å². The van der Waals surface area contributed by atoms with E-state index in [1.54, 1.807) is 10.9 Å². The highest BCUT2D eigenvalue weighted by Crippen LogP contribution is 2.25. The Kier molecular flexibility index (Phi) is 6.11. The number of para-hydroxylation sites is 1. The van der Waals surface area contributed by atoms with Crippen molar-refractivity contribution in [1.29, 1.82) is 0 Å². The minimum Gasteiger partial charge on any atom is -0.493 e. The van der Waals surface area contributed by atoms with Gasteiger partial charge in [0.2, 0.25) is 0 Å². The van der Waals surface area contributed by atoms with Crippen LogP contribution in [-0.2, 0) is 4.79 Å². The van der Waals surface area contributed by atoms with Gasteiger partial charge in [-0.1, -0.05) is 43.9 Å². The maximum absolute atomic E-state index is 12.8. The van der Waals surface area contributed by atoms with E-state index in [1.807, 2.05) is 30.3 Å².